The molecule has 374 valence electrons. The van der Waals surface area contributed by atoms with Gasteiger partial charge in [-0.05, 0) is 12.8 Å². The van der Waals surface area contributed by atoms with Crippen LogP contribution in [0.4, 0.5) is 0 Å². The Morgan fingerprint density at radius 1 is 0.242 bits per heavy atom. The summed E-state index contributed by atoms with van der Waals surface area (Å²) in [5.74, 6) is 0. The van der Waals surface area contributed by atoms with Gasteiger partial charge in [0.2, 0.25) is 0 Å². The molecule has 0 heterocycles. The summed E-state index contributed by atoms with van der Waals surface area (Å²) in [6.45, 7) is 6.78. The van der Waals surface area contributed by atoms with Crippen molar-refractivity contribution in [3.05, 3.63) is 0 Å². The third-order valence-corrected chi connectivity index (χ3v) is 14.0. The molecule has 0 radical (unpaired) electrons. The summed E-state index contributed by atoms with van der Waals surface area (Å²) < 4.78 is 11.8. The maximum atomic E-state index is 9.72. The van der Waals surface area contributed by atoms with Crippen LogP contribution in [-0.4, -0.2) is 37.6 Å². The summed E-state index contributed by atoms with van der Waals surface area (Å²) >= 11 is 0. The van der Waals surface area contributed by atoms with Gasteiger partial charge in [-0.3, -0.25) is 0 Å². The third-order valence-electron chi connectivity index (χ3n) is 14.0. The number of aliphatic hydroxyl groups is 1. The van der Waals surface area contributed by atoms with Crippen LogP contribution in [0.15, 0.2) is 0 Å². The molecule has 0 aromatic carbocycles. The molecule has 0 aliphatic carbocycles. The lowest BCUT2D eigenvalue weighted by atomic mass is 10.0. The Morgan fingerprint density at radius 3 is 0.613 bits per heavy atom. The Bertz CT molecular complexity index is 741. The molecule has 0 aliphatic heterocycles. The molecule has 0 spiro atoms. The topological polar surface area (TPSA) is 38.7 Å². The molecule has 0 aromatic heterocycles. The zero-order valence-electron chi connectivity index (χ0n) is 43.4. The Balaban J connectivity index is 3.21. The predicted molar refractivity (Wildman–Crippen MR) is 279 cm³/mol. The van der Waals surface area contributed by atoms with Crippen molar-refractivity contribution in [2.45, 2.75) is 354 Å². The zero-order valence-corrected chi connectivity index (χ0v) is 43.4. The lowest BCUT2D eigenvalue weighted by molar-refractivity contribution is -0.0437. The van der Waals surface area contributed by atoms with Gasteiger partial charge in [-0.2, -0.15) is 0 Å². The number of hydrogen-bond acceptors (Lipinski definition) is 3. The van der Waals surface area contributed by atoms with E-state index in [1.54, 1.807) is 0 Å². The average Bonchev–Trinajstić information content (AvgIpc) is 3.28. The fourth-order valence-corrected chi connectivity index (χ4v) is 9.56. The highest BCUT2D eigenvalue weighted by Crippen LogP contribution is 2.18. The SMILES string of the molecule is CCCCCCCCCCCCCCCCCCCCCCCCCCCCOCC(CO)OCCCCCCCCCCCCCCCCCCCCCCCCCCCC. The largest absolute Gasteiger partial charge is 0.394 e. The Kier molecular flexibility index (Phi) is 58.8. The number of hydrogen-bond donors (Lipinski definition) is 1. The number of aliphatic hydroxyl groups excluding tert-OH is 1. The van der Waals surface area contributed by atoms with Crippen molar-refractivity contribution in [2.75, 3.05) is 26.4 Å². The van der Waals surface area contributed by atoms with Gasteiger partial charge < -0.3 is 14.6 Å². The summed E-state index contributed by atoms with van der Waals surface area (Å²) in [5.41, 5.74) is 0. The molecule has 62 heavy (non-hydrogen) atoms. The molecular formula is C59H120O3. The zero-order chi connectivity index (χ0) is 44.6. The second-order valence-electron chi connectivity index (χ2n) is 20.4. The van der Waals surface area contributed by atoms with Crippen molar-refractivity contribution in [3.8, 4) is 0 Å². The Morgan fingerprint density at radius 2 is 0.419 bits per heavy atom. The minimum atomic E-state index is -0.154. The van der Waals surface area contributed by atoms with Crippen LogP contribution in [0.5, 0.6) is 0 Å². The van der Waals surface area contributed by atoms with E-state index in [1.165, 1.54) is 321 Å². The second-order valence-corrected chi connectivity index (χ2v) is 20.4. The molecule has 1 N–H and O–H groups in total. The van der Waals surface area contributed by atoms with Crippen molar-refractivity contribution >= 4 is 0 Å². The molecule has 0 rings (SSSR count). The van der Waals surface area contributed by atoms with E-state index in [-0.39, 0.29) is 12.7 Å². The number of ether oxygens (including phenoxy) is 2. The van der Waals surface area contributed by atoms with E-state index < -0.39 is 0 Å². The van der Waals surface area contributed by atoms with Gasteiger partial charge in [-0.1, -0.05) is 335 Å². The lowest BCUT2D eigenvalue weighted by Gasteiger charge is -2.15. The molecular weight excluding hydrogens is 757 g/mol. The van der Waals surface area contributed by atoms with Crippen LogP contribution in [0, 0.1) is 0 Å². The molecule has 0 aromatic rings. The van der Waals surface area contributed by atoms with Gasteiger partial charge in [0.25, 0.3) is 0 Å². The van der Waals surface area contributed by atoms with Crippen LogP contribution >= 0.6 is 0 Å². The first-order valence-corrected chi connectivity index (χ1v) is 29.6. The quantitative estimate of drug-likeness (QED) is 0.0619. The fourth-order valence-electron chi connectivity index (χ4n) is 9.56. The molecule has 0 saturated carbocycles. The fraction of sp³-hybridized carbons (Fsp3) is 1.00. The van der Waals surface area contributed by atoms with Crippen molar-refractivity contribution in [3.63, 3.8) is 0 Å². The van der Waals surface area contributed by atoms with Crippen LogP contribution in [0.2, 0.25) is 0 Å². The summed E-state index contributed by atoms with van der Waals surface area (Å²) in [5, 5.41) is 9.72. The van der Waals surface area contributed by atoms with Crippen LogP contribution in [0.3, 0.4) is 0 Å². The van der Waals surface area contributed by atoms with E-state index in [4.69, 9.17) is 9.47 Å². The Labute approximate surface area is 393 Å². The smallest absolute Gasteiger partial charge is 0.104 e. The van der Waals surface area contributed by atoms with Crippen molar-refractivity contribution in [1.82, 2.24) is 0 Å². The molecule has 3 nitrogen and oxygen atoms in total. The molecule has 1 atom stereocenters. The van der Waals surface area contributed by atoms with Crippen LogP contribution < -0.4 is 0 Å². The van der Waals surface area contributed by atoms with Crippen LogP contribution in [0.25, 0.3) is 0 Å². The monoisotopic (exact) mass is 877 g/mol. The van der Waals surface area contributed by atoms with Gasteiger partial charge in [-0.15, -0.1) is 0 Å². The van der Waals surface area contributed by atoms with Gasteiger partial charge in [0.1, 0.15) is 6.10 Å². The van der Waals surface area contributed by atoms with Gasteiger partial charge in [0, 0.05) is 13.2 Å². The summed E-state index contributed by atoms with van der Waals surface area (Å²) in [6, 6.07) is 0. The second kappa shape index (κ2) is 58.9. The standard InChI is InChI=1S/C59H120O3/c1-3-5-7-9-11-13-15-17-19-21-23-25-27-29-31-33-35-37-39-41-43-45-47-49-51-53-55-61-58-59(57-60)62-56-54-52-50-48-46-44-42-40-38-36-34-32-30-28-26-24-22-20-18-16-14-12-10-8-6-4-2/h59-60H,3-58H2,1-2H3. The van der Waals surface area contributed by atoms with Gasteiger partial charge >= 0.3 is 0 Å². The Hall–Kier alpha value is -0.120. The summed E-state index contributed by atoms with van der Waals surface area (Å²) in [6.07, 6.45) is 74.0. The van der Waals surface area contributed by atoms with Gasteiger partial charge in [0.15, 0.2) is 0 Å². The lowest BCUT2D eigenvalue weighted by Crippen LogP contribution is -2.24. The maximum absolute atomic E-state index is 9.72. The van der Waals surface area contributed by atoms with Gasteiger partial charge in [0.05, 0.1) is 13.2 Å². The normalized spacial score (nSPS) is 12.2. The first-order valence-electron chi connectivity index (χ1n) is 29.6. The van der Waals surface area contributed by atoms with E-state index in [0.717, 1.165) is 26.1 Å². The van der Waals surface area contributed by atoms with Crippen molar-refractivity contribution in [1.29, 1.82) is 0 Å². The minimum Gasteiger partial charge on any atom is -0.394 e. The van der Waals surface area contributed by atoms with Crippen molar-refractivity contribution in [2.24, 2.45) is 0 Å². The molecule has 0 aliphatic rings. The van der Waals surface area contributed by atoms with E-state index in [0.29, 0.717) is 6.61 Å². The van der Waals surface area contributed by atoms with Gasteiger partial charge in [-0.25, -0.2) is 0 Å². The van der Waals surface area contributed by atoms with E-state index in [1.807, 2.05) is 0 Å². The third kappa shape index (κ3) is 56.0. The van der Waals surface area contributed by atoms with E-state index in [2.05, 4.69) is 13.8 Å². The molecule has 0 bridgehead atoms. The van der Waals surface area contributed by atoms with Crippen molar-refractivity contribution < 1.29 is 14.6 Å². The minimum absolute atomic E-state index is 0.0684. The van der Waals surface area contributed by atoms with E-state index >= 15 is 0 Å². The van der Waals surface area contributed by atoms with Crippen LogP contribution in [0.1, 0.15) is 348 Å². The molecule has 0 fully saturated rings. The predicted octanol–water partition coefficient (Wildman–Crippen LogP) is 20.7. The van der Waals surface area contributed by atoms with E-state index in [9.17, 15) is 5.11 Å². The summed E-state index contributed by atoms with van der Waals surface area (Å²) in [7, 11) is 0. The summed E-state index contributed by atoms with van der Waals surface area (Å²) in [4.78, 5) is 0. The molecule has 0 saturated heterocycles. The average molecular weight is 878 g/mol. The number of rotatable bonds is 58. The molecule has 0 amide bonds. The molecule has 3 heteroatoms. The highest BCUT2D eigenvalue weighted by Gasteiger charge is 2.08. The highest BCUT2D eigenvalue weighted by molar-refractivity contribution is 4.57. The molecule has 1 unspecified atom stereocenters. The maximum Gasteiger partial charge on any atom is 0.104 e. The first kappa shape index (κ1) is 61.9. The number of unbranched alkanes of at least 4 members (excludes halogenated alkanes) is 50. The van der Waals surface area contributed by atoms with Crippen LogP contribution in [-0.2, 0) is 9.47 Å². The first-order chi connectivity index (χ1) is 30.8. The highest BCUT2D eigenvalue weighted by atomic mass is 16.5.